The molecule has 0 aliphatic carbocycles. The number of benzene rings is 1. The smallest absolute Gasteiger partial charge is 0.357 e. The van der Waals surface area contributed by atoms with Crippen LogP contribution in [0.1, 0.15) is 18.2 Å². The second kappa shape index (κ2) is 9.59. The second-order valence-corrected chi connectivity index (χ2v) is 5.30. The molecule has 0 saturated heterocycles. The van der Waals surface area contributed by atoms with Crippen LogP contribution in [0.4, 0.5) is 19.1 Å². The third kappa shape index (κ3) is 6.58. The maximum Gasteiger partial charge on any atom is 0.433 e. The number of aromatic nitrogens is 2. The van der Waals surface area contributed by atoms with Crippen molar-refractivity contribution in [3.8, 4) is 0 Å². The number of aliphatic imine (C=N–C) groups is 1. The van der Waals surface area contributed by atoms with Crippen LogP contribution in [0.3, 0.4) is 0 Å². The van der Waals surface area contributed by atoms with E-state index in [4.69, 9.17) is 0 Å². The quantitative estimate of drug-likeness (QED) is 0.399. The largest absolute Gasteiger partial charge is 0.433 e. The van der Waals surface area contributed by atoms with Gasteiger partial charge in [-0.05, 0) is 18.6 Å². The first-order chi connectivity index (χ1) is 12.5. The fraction of sp³-hybridized carbons (Fsp3) is 0.353. The van der Waals surface area contributed by atoms with Gasteiger partial charge >= 0.3 is 6.18 Å². The van der Waals surface area contributed by atoms with Gasteiger partial charge in [-0.25, -0.2) is 15.0 Å². The van der Waals surface area contributed by atoms with E-state index in [1.807, 2.05) is 37.3 Å². The highest BCUT2D eigenvalue weighted by Gasteiger charge is 2.32. The van der Waals surface area contributed by atoms with Crippen molar-refractivity contribution in [2.45, 2.75) is 19.6 Å². The van der Waals surface area contributed by atoms with E-state index in [1.54, 1.807) is 0 Å². The Morgan fingerprint density at radius 2 is 1.85 bits per heavy atom. The molecule has 1 aromatic carbocycles. The number of anilines is 1. The Kier molecular flexibility index (Phi) is 7.19. The van der Waals surface area contributed by atoms with Crippen molar-refractivity contribution in [1.82, 2.24) is 20.6 Å². The van der Waals surface area contributed by atoms with E-state index >= 15 is 0 Å². The Labute approximate surface area is 150 Å². The maximum atomic E-state index is 12.6. The SMILES string of the molecule is CCNC(=NCc1ccccc1)NCCNc1nccc(C(F)(F)F)n1. The molecule has 26 heavy (non-hydrogen) atoms. The first-order valence-electron chi connectivity index (χ1n) is 8.19. The molecule has 2 aromatic rings. The van der Waals surface area contributed by atoms with Gasteiger partial charge in [-0.1, -0.05) is 30.3 Å². The molecule has 0 amide bonds. The zero-order valence-corrected chi connectivity index (χ0v) is 14.3. The van der Waals surface area contributed by atoms with Crippen molar-refractivity contribution in [1.29, 1.82) is 0 Å². The lowest BCUT2D eigenvalue weighted by atomic mass is 10.2. The van der Waals surface area contributed by atoms with Crippen molar-refractivity contribution < 1.29 is 13.2 Å². The number of guanidine groups is 1. The molecule has 0 aliphatic rings. The lowest BCUT2D eigenvalue weighted by Crippen LogP contribution is -2.39. The van der Waals surface area contributed by atoms with Crippen LogP contribution in [0.2, 0.25) is 0 Å². The summed E-state index contributed by atoms with van der Waals surface area (Å²) in [6.07, 6.45) is -3.41. The molecular weight excluding hydrogens is 345 g/mol. The van der Waals surface area contributed by atoms with Gasteiger partial charge in [0.2, 0.25) is 5.95 Å². The Hall–Kier alpha value is -2.84. The van der Waals surface area contributed by atoms with Crippen LogP contribution in [0.25, 0.3) is 0 Å². The summed E-state index contributed by atoms with van der Waals surface area (Å²) in [4.78, 5) is 11.7. The highest BCUT2D eigenvalue weighted by atomic mass is 19.4. The summed E-state index contributed by atoms with van der Waals surface area (Å²) in [5.74, 6) is 0.566. The fourth-order valence-corrected chi connectivity index (χ4v) is 2.05. The summed E-state index contributed by atoms with van der Waals surface area (Å²) in [6, 6.07) is 10.6. The van der Waals surface area contributed by atoms with Crippen molar-refractivity contribution in [2.24, 2.45) is 4.99 Å². The Morgan fingerprint density at radius 1 is 1.08 bits per heavy atom. The normalized spacial score (nSPS) is 11.9. The van der Waals surface area contributed by atoms with Crippen molar-refractivity contribution in [3.63, 3.8) is 0 Å². The van der Waals surface area contributed by atoms with Gasteiger partial charge in [0.1, 0.15) is 5.69 Å². The monoisotopic (exact) mass is 366 g/mol. The minimum atomic E-state index is -4.49. The lowest BCUT2D eigenvalue weighted by molar-refractivity contribution is -0.141. The summed E-state index contributed by atoms with van der Waals surface area (Å²) in [5, 5.41) is 8.98. The number of alkyl halides is 3. The van der Waals surface area contributed by atoms with Gasteiger partial charge < -0.3 is 16.0 Å². The van der Waals surface area contributed by atoms with Crippen molar-refractivity contribution in [3.05, 3.63) is 53.9 Å². The predicted molar refractivity (Wildman–Crippen MR) is 94.8 cm³/mol. The number of halogens is 3. The zero-order chi connectivity index (χ0) is 18.8. The fourth-order valence-electron chi connectivity index (χ4n) is 2.05. The average Bonchev–Trinajstić information content (AvgIpc) is 2.63. The standard InChI is InChI=1S/C17H21F3N6/c1-2-21-15(25-12-13-6-4-3-5-7-13)23-10-11-24-16-22-9-8-14(26-16)17(18,19)20/h3-9H,2,10-12H2,1H3,(H2,21,23,25)(H,22,24,26). The molecule has 140 valence electrons. The first kappa shape index (κ1) is 19.5. The van der Waals surface area contributed by atoms with E-state index in [-0.39, 0.29) is 5.95 Å². The average molecular weight is 366 g/mol. The minimum Gasteiger partial charge on any atom is -0.357 e. The molecule has 0 atom stereocenters. The van der Waals surface area contributed by atoms with E-state index in [0.717, 1.165) is 17.8 Å². The summed E-state index contributed by atoms with van der Waals surface area (Å²) >= 11 is 0. The summed E-state index contributed by atoms with van der Waals surface area (Å²) < 4.78 is 37.9. The molecule has 2 rings (SSSR count). The molecule has 6 nitrogen and oxygen atoms in total. The molecule has 0 unspecified atom stereocenters. The molecule has 0 fully saturated rings. The molecule has 0 radical (unpaired) electrons. The molecule has 1 aromatic heterocycles. The Bertz CT molecular complexity index is 703. The van der Waals surface area contributed by atoms with Crippen LogP contribution >= 0.6 is 0 Å². The lowest BCUT2D eigenvalue weighted by Gasteiger charge is -2.12. The molecule has 0 bridgehead atoms. The van der Waals surface area contributed by atoms with Crippen LogP contribution < -0.4 is 16.0 Å². The molecule has 0 saturated carbocycles. The molecule has 1 heterocycles. The minimum absolute atomic E-state index is 0.0622. The van der Waals surface area contributed by atoms with E-state index in [1.165, 1.54) is 0 Å². The molecule has 0 spiro atoms. The number of hydrogen-bond donors (Lipinski definition) is 3. The Morgan fingerprint density at radius 3 is 2.54 bits per heavy atom. The third-order valence-electron chi connectivity index (χ3n) is 3.25. The number of hydrogen-bond acceptors (Lipinski definition) is 4. The second-order valence-electron chi connectivity index (χ2n) is 5.30. The zero-order valence-electron chi connectivity index (χ0n) is 14.3. The molecule has 9 heteroatoms. The van der Waals surface area contributed by atoms with E-state index in [2.05, 4.69) is 30.9 Å². The number of nitrogens with one attached hydrogen (secondary N) is 3. The highest BCUT2D eigenvalue weighted by Crippen LogP contribution is 2.27. The third-order valence-corrected chi connectivity index (χ3v) is 3.25. The molecular formula is C17H21F3N6. The topological polar surface area (TPSA) is 74.2 Å². The predicted octanol–water partition coefficient (Wildman–Crippen LogP) is 2.66. The van der Waals surface area contributed by atoms with Crippen molar-refractivity contribution >= 4 is 11.9 Å². The van der Waals surface area contributed by atoms with Crippen LogP contribution in [-0.4, -0.2) is 35.6 Å². The Balaban J connectivity index is 1.82. The summed E-state index contributed by atoms with van der Waals surface area (Å²) in [6.45, 7) is 3.97. The van der Waals surface area contributed by atoms with Crippen LogP contribution in [0.5, 0.6) is 0 Å². The number of rotatable bonds is 7. The molecule has 0 aliphatic heterocycles. The van der Waals surface area contributed by atoms with Gasteiger partial charge in [0, 0.05) is 25.8 Å². The number of nitrogens with zero attached hydrogens (tertiary/aromatic N) is 3. The van der Waals surface area contributed by atoms with Gasteiger partial charge in [0.15, 0.2) is 5.96 Å². The van der Waals surface area contributed by atoms with Crippen LogP contribution in [0.15, 0.2) is 47.6 Å². The van der Waals surface area contributed by atoms with Crippen LogP contribution in [0, 0.1) is 0 Å². The van der Waals surface area contributed by atoms with Crippen LogP contribution in [-0.2, 0) is 12.7 Å². The summed E-state index contributed by atoms with van der Waals surface area (Å²) in [7, 11) is 0. The van der Waals surface area contributed by atoms with Gasteiger partial charge in [-0.2, -0.15) is 13.2 Å². The van der Waals surface area contributed by atoms with Gasteiger partial charge in [0.05, 0.1) is 6.54 Å². The van der Waals surface area contributed by atoms with Gasteiger partial charge in [0.25, 0.3) is 0 Å². The van der Waals surface area contributed by atoms with Gasteiger partial charge in [-0.3, -0.25) is 0 Å². The van der Waals surface area contributed by atoms with Gasteiger partial charge in [-0.15, -0.1) is 0 Å². The first-order valence-corrected chi connectivity index (χ1v) is 8.19. The molecule has 3 N–H and O–H groups in total. The maximum absolute atomic E-state index is 12.6. The van der Waals surface area contributed by atoms with Crippen molar-refractivity contribution in [2.75, 3.05) is 25.0 Å². The summed E-state index contributed by atoms with van der Waals surface area (Å²) in [5.41, 5.74) is 0.112. The van der Waals surface area contributed by atoms with E-state index < -0.39 is 11.9 Å². The van der Waals surface area contributed by atoms with E-state index in [9.17, 15) is 13.2 Å². The van der Waals surface area contributed by atoms with E-state index in [0.29, 0.717) is 32.1 Å². The highest BCUT2D eigenvalue weighted by molar-refractivity contribution is 5.79.